The summed E-state index contributed by atoms with van der Waals surface area (Å²) >= 11 is 5.48. The summed E-state index contributed by atoms with van der Waals surface area (Å²) in [5.41, 5.74) is -0.937. The van der Waals surface area contributed by atoms with E-state index in [2.05, 4.69) is 10.6 Å². The lowest BCUT2D eigenvalue weighted by molar-refractivity contribution is -0.137. The van der Waals surface area contributed by atoms with Crippen LogP contribution in [-0.4, -0.2) is 24.5 Å². The van der Waals surface area contributed by atoms with Crippen molar-refractivity contribution >= 4 is 29.2 Å². The Kier molecular flexibility index (Phi) is 6.04. The topological polar surface area (TPSA) is 70.2 Å². The van der Waals surface area contributed by atoms with E-state index in [1.165, 1.54) is 6.07 Å². The van der Waals surface area contributed by atoms with Gasteiger partial charge in [0.2, 0.25) is 5.91 Å². The molecule has 9 heteroatoms. The maximum Gasteiger partial charge on any atom is 0.417 e. The quantitative estimate of drug-likeness (QED) is 0.791. The molecule has 0 spiro atoms. The number of hydrogen-bond donors (Lipinski definition) is 3. The maximum atomic E-state index is 12.7. The molecule has 0 saturated carbocycles. The monoisotopic (exact) mass is 337 g/mol. The number of urea groups is 1. The van der Waals surface area contributed by atoms with Gasteiger partial charge >= 0.3 is 12.2 Å². The molecule has 1 aromatic carbocycles. The molecular weight excluding hydrogens is 323 g/mol. The van der Waals surface area contributed by atoms with Crippen LogP contribution in [0.15, 0.2) is 18.2 Å². The molecule has 1 aromatic rings. The Morgan fingerprint density at radius 3 is 2.45 bits per heavy atom. The summed E-state index contributed by atoms with van der Waals surface area (Å²) in [4.78, 5) is 22.7. The fourth-order valence-corrected chi connectivity index (χ4v) is 1.73. The molecule has 0 unspecified atom stereocenters. The van der Waals surface area contributed by atoms with Crippen molar-refractivity contribution in [2.75, 3.05) is 11.9 Å². The van der Waals surface area contributed by atoms with Gasteiger partial charge in [0.25, 0.3) is 0 Å². The third-order valence-corrected chi connectivity index (χ3v) is 2.73. The van der Waals surface area contributed by atoms with E-state index in [0.29, 0.717) is 0 Å². The van der Waals surface area contributed by atoms with Gasteiger partial charge in [0.05, 0.1) is 17.1 Å². The average Bonchev–Trinajstić information content (AvgIpc) is 2.35. The smallest absolute Gasteiger partial charge is 0.376 e. The van der Waals surface area contributed by atoms with Crippen LogP contribution < -0.4 is 16.0 Å². The van der Waals surface area contributed by atoms with Gasteiger partial charge in [0.15, 0.2) is 0 Å². The van der Waals surface area contributed by atoms with Crippen LogP contribution in [0.2, 0.25) is 5.02 Å². The van der Waals surface area contributed by atoms with Crippen molar-refractivity contribution in [3.8, 4) is 0 Å². The lowest BCUT2D eigenvalue weighted by atomic mass is 10.2. The Labute approximate surface area is 130 Å². The normalized spacial score (nSPS) is 11.2. The van der Waals surface area contributed by atoms with Gasteiger partial charge < -0.3 is 10.6 Å². The minimum absolute atomic E-state index is 0.0659. The number of rotatable bonds is 4. The van der Waals surface area contributed by atoms with Crippen LogP contribution >= 0.6 is 11.6 Å². The Morgan fingerprint density at radius 2 is 1.91 bits per heavy atom. The summed E-state index contributed by atoms with van der Waals surface area (Å²) in [5, 5.41) is 6.54. The van der Waals surface area contributed by atoms with E-state index < -0.39 is 28.7 Å². The van der Waals surface area contributed by atoms with Crippen molar-refractivity contribution in [1.82, 2.24) is 10.6 Å². The van der Waals surface area contributed by atoms with Crippen LogP contribution in [0.3, 0.4) is 0 Å². The molecule has 5 nitrogen and oxygen atoms in total. The zero-order valence-electron chi connectivity index (χ0n) is 11.8. The third kappa shape index (κ3) is 5.80. The van der Waals surface area contributed by atoms with Crippen molar-refractivity contribution in [1.29, 1.82) is 0 Å². The number of hydrogen-bond acceptors (Lipinski definition) is 3. The van der Waals surface area contributed by atoms with Crippen molar-refractivity contribution in [2.24, 2.45) is 0 Å². The van der Waals surface area contributed by atoms with E-state index in [-0.39, 0.29) is 18.3 Å². The molecule has 0 bridgehead atoms. The van der Waals surface area contributed by atoms with Gasteiger partial charge in [-0.3, -0.25) is 10.1 Å². The van der Waals surface area contributed by atoms with Gasteiger partial charge in [-0.2, -0.15) is 13.2 Å². The van der Waals surface area contributed by atoms with E-state index in [0.717, 1.165) is 12.1 Å². The summed E-state index contributed by atoms with van der Waals surface area (Å²) in [6.07, 6.45) is -4.59. The Morgan fingerprint density at radius 1 is 1.27 bits per heavy atom. The van der Waals surface area contributed by atoms with Gasteiger partial charge in [0, 0.05) is 11.7 Å². The van der Waals surface area contributed by atoms with Crippen LogP contribution in [-0.2, 0) is 11.0 Å². The summed E-state index contributed by atoms with van der Waals surface area (Å²) < 4.78 is 38.0. The molecule has 0 aliphatic carbocycles. The fourth-order valence-electron chi connectivity index (χ4n) is 1.50. The maximum absolute atomic E-state index is 12.7. The molecular formula is C13H15ClF3N3O2. The van der Waals surface area contributed by atoms with Crippen molar-refractivity contribution in [3.05, 3.63) is 28.8 Å². The molecule has 0 saturated heterocycles. The third-order valence-electron chi connectivity index (χ3n) is 2.40. The van der Waals surface area contributed by atoms with Gasteiger partial charge in [-0.1, -0.05) is 11.6 Å². The second-order valence-electron chi connectivity index (χ2n) is 4.72. The molecule has 0 aromatic heterocycles. The van der Waals surface area contributed by atoms with E-state index >= 15 is 0 Å². The Bertz CT molecular complexity index is 562. The molecule has 0 heterocycles. The predicted octanol–water partition coefficient (Wildman–Crippen LogP) is 3.00. The zero-order chi connectivity index (χ0) is 16.9. The second kappa shape index (κ2) is 7.35. The number of carbonyl (C=O) groups is 2. The van der Waals surface area contributed by atoms with Crippen molar-refractivity contribution in [2.45, 2.75) is 26.1 Å². The van der Waals surface area contributed by atoms with Crippen LogP contribution in [0.4, 0.5) is 23.7 Å². The van der Waals surface area contributed by atoms with E-state index in [1.807, 2.05) is 5.32 Å². The highest BCUT2D eigenvalue weighted by atomic mass is 35.5. The van der Waals surface area contributed by atoms with E-state index in [9.17, 15) is 22.8 Å². The summed E-state index contributed by atoms with van der Waals surface area (Å²) in [6.45, 7) is 3.08. The first kappa shape index (κ1) is 18.1. The molecule has 1 rings (SSSR count). The van der Waals surface area contributed by atoms with Crippen LogP contribution in [0.25, 0.3) is 0 Å². The van der Waals surface area contributed by atoms with Gasteiger partial charge in [0.1, 0.15) is 0 Å². The van der Waals surface area contributed by atoms with E-state index in [4.69, 9.17) is 11.6 Å². The summed E-state index contributed by atoms with van der Waals surface area (Å²) in [5.74, 6) is -0.679. The lowest BCUT2D eigenvalue weighted by Gasteiger charge is -2.13. The van der Waals surface area contributed by atoms with Crippen molar-refractivity contribution < 1.29 is 22.8 Å². The summed E-state index contributed by atoms with van der Waals surface area (Å²) in [6, 6.07) is 2.36. The van der Waals surface area contributed by atoms with Gasteiger partial charge in [-0.15, -0.1) is 0 Å². The first-order chi connectivity index (χ1) is 10.1. The highest BCUT2D eigenvalue weighted by molar-refractivity contribution is 6.31. The van der Waals surface area contributed by atoms with E-state index in [1.54, 1.807) is 13.8 Å². The second-order valence-corrected chi connectivity index (χ2v) is 5.13. The van der Waals surface area contributed by atoms with Gasteiger partial charge in [-0.05, 0) is 32.0 Å². The number of imide groups is 1. The van der Waals surface area contributed by atoms with Crippen molar-refractivity contribution in [3.63, 3.8) is 0 Å². The first-order valence-corrected chi connectivity index (χ1v) is 6.68. The number of halogens is 4. The molecule has 0 fully saturated rings. The van der Waals surface area contributed by atoms with Crippen LogP contribution in [0, 0.1) is 0 Å². The molecule has 22 heavy (non-hydrogen) atoms. The molecule has 0 aliphatic heterocycles. The number of nitrogens with one attached hydrogen (secondary N) is 3. The summed E-state index contributed by atoms with van der Waals surface area (Å²) in [7, 11) is 0. The number of anilines is 1. The molecule has 3 amide bonds. The number of benzene rings is 1. The lowest BCUT2D eigenvalue weighted by Crippen LogP contribution is -2.44. The molecule has 122 valence electrons. The minimum atomic E-state index is -4.59. The SMILES string of the molecule is CC(C)NC(=O)NC(=O)CNc1ccc(Cl)c(C(F)(F)F)c1. The first-order valence-electron chi connectivity index (χ1n) is 6.30. The Hall–Kier alpha value is -1.96. The highest BCUT2D eigenvalue weighted by Gasteiger charge is 2.33. The minimum Gasteiger partial charge on any atom is -0.376 e. The fraction of sp³-hybridized carbons (Fsp3) is 0.385. The standard InChI is InChI=1S/C13H15ClF3N3O2/c1-7(2)19-12(22)20-11(21)6-18-8-3-4-10(14)9(5-8)13(15,16)17/h3-5,7,18H,6H2,1-2H3,(H2,19,20,21,22). The largest absolute Gasteiger partial charge is 0.417 e. The van der Waals surface area contributed by atoms with Crippen LogP contribution in [0.1, 0.15) is 19.4 Å². The molecule has 0 radical (unpaired) electrons. The average molecular weight is 338 g/mol. The number of carbonyl (C=O) groups excluding carboxylic acids is 2. The van der Waals surface area contributed by atoms with Gasteiger partial charge in [-0.25, -0.2) is 4.79 Å². The van der Waals surface area contributed by atoms with Crippen LogP contribution in [0.5, 0.6) is 0 Å². The number of alkyl halides is 3. The predicted molar refractivity (Wildman–Crippen MR) is 76.8 cm³/mol. The highest BCUT2D eigenvalue weighted by Crippen LogP contribution is 2.36. The molecule has 0 aliphatic rings. The molecule has 3 N–H and O–H groups in total. The zero-order valence-corrected chi connectivity index (χ0v) is 12.6. The number of amides is 3. The Balaban J connectivity index is 2.62. The molecule has 0 atom stereocenters.